The molecule has 1 aromatic rings. The smallest absolute Gasteiger partial charge is 0.493 e. The van der Waals surface area contributed by atoms with Crippen LogP contribution in [0.3, 0.4) is 0 Å². The van der Waals surface area contributed by atoms with Gasteiger partial charge in [0.05, 0.1) is 20.3 Å². The molecule has 0 aromatic heterocycles. The van der Waals surface area contributed by atoms with Gasteiger partial charge in [-0.25, -0.2) is 13.9 Å². The van der Waals surface area contributed by atoms with Crippen molar-refractivity contribution in [2.45, 2.75) is 50.7 Å². The Kier molecular flexibility index (Phi) is 7.95. The standard InChI is InChI=1S/C22H32NO9P/c1-15(2)31-21(24)29-14-30-33(25,26)32-17-8-9-22(10-11-23(3)20(22)13-17)16-6-7-18(27-4)19(12-16)28-5/h6-7,12-13,15,20H,8-11,14H2,1-5H3,(H,25,26). The molecule has 10 nitrogen and oxygen atoms in total. The molecule has 1 aliphatic carbocycles. The highest BCUT2D eigenvalue weighted by Gasteiger charge is 2.49. The summed E-state index contributed by atoms with van der Waals surface area (Å²) in [5.74, 6) is 1.68. The quantitative estimate of drug-likeness (QED) is 0.313. The molecule has 184 valence electrons. The molecule has 0 amide bonds. The zero-order valence-corrected chi connectivity index (χ0v) is 20.5. The summed E-state index contributed by atoms with van der Waals surface area (Å²) in [5, 5.41) is 0. The van der Waals surface area contributed by atoms with Gasteiger partial charge in [0.1, 0.15) is 5.76 Å². The van der Waals surface area contributed by atoms with Gasteiger partial charge in [-0.15, -0.1) is 0 Å². The number of hydrogen-bond donors (Lipinski definition) is 1. The average molecular weight is 485 g/mol. The lowest BCUT2D eigenvalue weighted by Crippen LogP contribution is -2.42. The fourth-order valence-corrected chi connectivity index (χ4v) is 5.16. The molecule has 0 bridgehead atoms. The van der Waals surface area contributed by atoms with Crippen LogP contribution in [0.4, 0.5) is 4.79 Å². The molecule has 11 heteroatoms. The van der Waals surface area contributed by atoms with E-state index < -0.39 is 20.8 Å². The summed E-state index contributed by atoms with van der Waals surface area (Å²) in [6.45, 7) is 3.41. The lowest BCUT2D eigenvalue weighted by molar-refractivity contribution is -0.0179. The van der Waals surface area contributed by atoms with Crippen molar-refractivity contribution >= 4 is 14.0 Å². The van der Waals surface area contributed by atoms with Gasteiger partial charge >= 0.3 is 14.0 Å². The number of likely N-dealkylation sites (N-methyl/N-ethyl adjacent to an activating group) is 1. The Bertz CT molecular complexity index is 934. The van der Waals surface area contributed by atoms with Crippen LogP contribution in [-0.4, -0.2) is 62.7 Å². The van der Waals surface area contributed by atoms with E-state index in [0.717, 1.165) is 18.5 Å². The fraction of sp³-hybridized carbons (Fsp3) is 0.591. The van der Waals surface area contributed by atoms with Crippen LogP contribution in [0.25, 0.3) is 0 Å². The van der Waals surface area contributed by atoms with E-state index in [-0.39, 0.29) is 17.6 Å². The van der Waals surface area contributed by atoms with E-state index in [4.69, 9.17) is 23.3 Å². The van der Waals surface area contributed by atoms with Gasteiger partial charge < -0.3 is 23.5 Å². The van der Waals surface area contributed by atoms with Gasteiger partial charge in [-0.3, -0.25) is 9.79 Å². The van der Waals surface area contributed by atoms with Gasteiger partial charge in [-0.05, 0) is 64.1 Å². The normalized spacial score (nSPS) is 24.5. The minimum atomic E-state index is -4.48. The number of rotatable bonds is 9. The number of methoxy groups -OCH3 is 2. The number of phosphoric ester groups is 1. The Labute approximate surface area is 194 Å². The SMILES string of the molecule is COc1ccc(C23CCC(OP(=O)(O)OCOC(=O)OC(C)C)=CC2N(C)CC3)cc1OC. The third-order valence-electron chi connectivity index (χ3n) is 6.03. The molecule has 1 fully saturated rings. The van der Waals surface area contributed by atoms with E-state index in [9.17, 15) is 14.3 Å². The summed E-state index contributed by atoms with van der Waals surface area (Å²) >= 11 is 0. The first-order chi connectivity index (χ1) is 15.6. The second-order valence-electron chi connectivity index (χ2n) is 8.40. The van der Waals surface area contributed by atoms with Crippen LogP contribution in [-0.2, 0) is 28.5 Å². The molecule has 3 atom stereocenters. The largest absolute Gasteiger partial charge is 0.530 e. The Balaban J connectivity index is 1.72. The maximum absolute atomic E-state index is 12.4. The second-order valence-corrected chi connectivity index (χ2v) is 9.78. The predicted octanol–water partition coefficient (Wildman–Crippen LogP) is 3.98. The lowest BCUT2D eigenvalue weighted by Gasteiger charge is -2.40. The number of likely N-dealkylation sites (tertiary alicyclic amines) is 1. The van der Waals surface area contributed by atoms with E-state index in [2.05, 4.69) is 9.64 Å². The highest BCUT2D eigenvalue weighted by molar-refractivity contribution is 7.47. The van der Waals surface area contributed by atoms with Gasteiger partial charge in [-0.2, -0.15) is 0 Å². The van der Waals surface area contributed by atoms with E-state index >= 15 is 0 Å². The molecule has 0 radical (unpaired) electrons. The fourth-order valence-electron chi connectivity index (χ4n) is 4.47. The van der Waals surface area contributed by atoms with Crippen molar-refractivity contribution in [3.8, 4) is 11.5 Å². The van der Waals surface area contributed by atoms with Crippen molar-refractivity contribution in [2.24, 2.45) is 0 Å². The number of hydrogen-bond acceptors (Lipinski definition) is 9. The monoisotopic (exact) mass is 485 g/mol. The van der Waals surface area contributed by atoms with Crippen molar-refractivity contribution in [2.75, 3.05) is 34.6 Å². The van der Waals surface area contributed by atoms with Crippen LogP contribution < -0.4 is 9.47 Å². The first kappa shape index (κ1) is 25.4. The van der Waals surface area contributed by atoms with Crippen molar-refractivity contribution in [3.05, 3.63) is 35.6 Å². The number of ether oxygens (including phenoxy) is 4. The van der Waals surface area contributed by atoms with Crippen molar-refractivity contribution in [1.29, 1.82) is 0 Å². The number of benzene rings is 1. The van der Waals surface area contributed by atoms with Gasteiger partial charge in [-0.1, -0.05) is 6.07 Å². The molecule has 3 unspecified atom stereocenters. The topological polar surface area (TPSA) is 113 Å². The Morgan fingerprint density at radius 3 is 2.64 bits per heavy atom. The zero-order chi connectivity index (χ0) is 24.2. The summed E-state index contributed by atoms with van der Waals surface area (Å²) in [7, 11) is 0.735. The minimum absolute atomic E-state index is 0.0448. The van der Waals surface area contributed by atoms with Crippen LogP contribution in [0.5, 0.6) is 11.5 Å². The van der Waals surface area contributed by atoms with E-state index in [1.807, 2.05) is 31.3 Å². The molecule has 1 aliphatic heterocycles. The highest BCUT2D eigenvalue weighted by atomic mass is 31.2. The Hall–Kier alpha value is -2.26. The van der Waals surface area contributed by atoms with Crippen LogP contribution in [0.15, 0.2) is 30.0 Å². The Morgan fingerprint density at radius 2 is 1.97 bits per heavy atom. The third-order valence-corrected chi connectivity index (χ3v) is 6.93. The van der Waals surface area contributed by atoms with Gasteiger partial charge in [0.2, 0.25) is 6.79 Å². The maximum atomic E-state index is 12.4. The molecule has 1 heterocycles. The molecule has 0 saturated carbocycles. The number of nitrogens with zero attached hydrogens (tertiary/aromatic N) is 1. The van der Waals surface area contributed by atoms with Crippen molar-refractivity contribution in [3.63, 3.8) is 0 Å². The first-order valence-corrected chi connectivity index (χ1v) is 12.2. The third kappa shape index (κ3) is 5.81. The van der Waals surface area contributed by atoms with Crippen molar-refractivity contribution in [1.82, 2.24) is 4.90 Å². The van der Waals surface area contributed by atoms with Crippen LogP contribution in [0.1, 0.15) is 38.7 Å². The van der Waals surface area contributed by atoms with Crippen LogP contribution >= 0.6 is 7.82 Å². The minimum Gasteiger partial charge on any atom is -0.493 e. The molecule has 0 spiro atoms. The summed E-state index contributed by atoms with van der Waals surface area (Å²) in [6, 6.07) is 5.89. The molecule has 3 rings (SSSR count). The summed E-state index contributed by atoms with van der Waals surface area (Å²) in [5.41, 5.74) is 0.927. The zero-order valence-electron chi connectivity index (χ0n) is 19.6. The number of fused-ring (bicyclic) bond motifs is 1. The summed E-state index contributed by atoms with van der Waals surface area (Å²) in [4.78, 5) is 23.6. The Morgan fingerprint density at radius 1 is 1.24 bits per heavy atom. The maximum Gasteiger partial charge on any atom is 0.530 e. The molecule has 2 aliphatic rings. The van der Waals surface area contributed by atoms with E-state index in [1.165, 1.54) is 0 Å². The first-order valence-electron chi connectivity index (χ1n) is 10.7. The number of carbonyl (C=O) groups is 1. The van der Waals surface area contributed by atoms with Gasteiger partial charge in [0, 0.05) is 17.9 Å². The van der Waals surface area contributed by atoms with Gasteiger partial charge in [0.15, 0.2) is 11.5 Å². The molecule has 1 saturated heterocycles. The number of carbonyl (C=O) groups excluding carboxylic acids is 1. The second kappa shape index (κ2) is 10.3. The van der Waals surface area contributed by atoms with Crippen LogP contribution in [0.2, 0.25) is 0 Å². The van der Waals surface area contributed by atoms with E-state index in [0.29, 0.717) is 30.1 Å². The van der Waals surface area contributed by atoms with Gasteiger partial charge in [0.25, 0.3) is 0 Å². The number of allylic oxidation sites excluding steroid dienone is 1. The predicted molar refractivity (Wildman–Crippen MR) is 119 cm³/mol. The van der Waals surface area contributed by atoms with E-state index in [1.54, 1.807) is 28.1 Å². The average Bonchev–Trinajstić information content (AvgIpc) is 3.09. The van der Waals surface area contributed by atoms with Crippen LogP contribution in [0, 0.1) is 0 Å². The molecule has 1 aromatic carbocycles. The highest BCUT2D eigenvalue weighted by Crippen LogP contribution is 2.53. The summed E-state index contributed by atoms with van der Waals surface area (Å²) < 4.78 is 42.7. The molecule has 1 N–H and O–H groups in total. The lowest BCUT2D eigenvalue weighted by atomic mass is 9.68. The molecular formula is C22H32NO9P. The molecule has 33 heavy (non-hydrogen) atoms. The molecular weight excluding hydrogens is 453 g/mol. The summed E-state index contributed by atoms with van der Waals surface area (Å²) in [6.07, 6.45) is 2.58. The van der Waals surface area contributed by atoms with Crippen molar-refractivity contribution < 1.29 is 42.2 Å². The number of phosphoric acid groups is 1.